The predicted molar refractivity (Wildman–Crippen MR) is 40.6 cm³/mol. The first-order valence-corrected chi connectivity index (χ1v) is 4.91. The summed E-state index contributed by atoms with van der Waals surface area (Å²) >= 11 is 0. The van der Waals surface area contributed by atoms with Crippen molar-refractivity contribution in [2.45, 2.75) is 19.4 Å². The van der Waals surface area contributed by atoms with Crippen LogP contribution in [0.5, 0.6) is 0 Å². The standard InChI is InChI=1S/C5H10N2O3S/c1-4-2-5(7-10-4)3-11(6,8)9/h4H,2-3H2,1H3,(H2,6,8,9). The molecule has 1 atom stereocenters. The average molecular weight is 178 g/mol. The third-order valence-corrected chi connectivity index (χ3v) is 1.99. The summed E-state index contributed by atoms with van der Waals surface area (Å²) in [6.07, 6.45) is 0.530. The van der Waals surface area contributed by atoms with E-state index in [1.807, 2.05) is 6.92 Å². The van der Waals surface area contributed by atoms with Crippen LogP contribution in [0, 0.1) is 0 Å². The summed E-state index contributed by atoms with van der Waals surface area (Å²) in [4.78, 5) is 4.78. The Labute approximate surface area is 65.3 Å². The van der Waals surface area contributed by atoms with Crippen LogP contribution >= 0.6 is 0 Å². The smallest absolute Gasteiger partial charge is 0.214 e. The molecule has 0 radical (unpaired) electrons. The van der Waals surface area contributed by atoms with E-state index < -0.39 is 10.0 Å². The summed E-state index contributed by atoms with van der Waals surface area (Å²) in [7, 11) is -3.44. The number of rotatable bonds is 2. The van der Waals surface area contributed by atoms with Crippen molar-refractivity contribution in [3.63, 3.8) is 0 Å². The summed E-state index contributed by atoms with van der Waals surface area (Å²) in [6.45, 7) is 1.82. The molecular formula is C5H10N2O3S. The number of nitrogens with zero attached hydrogens (tertiary/aromatic N) is 1. The first kappa shape index (κ1) is 8.48. The van der Waals surface area contributed by atoms with Crippen LogP contribution in [0.15, 0.2) is 5.16 Å². The number of sulfonamides is 1. The molecule has 2 N–H and O–H groups in total. The molecule has 1 aliphatic rings. The van der Waals surface area contributed by atoms with E-state index in [9.17, 15) is 8.42 Å². The van der Waals surface area contributed by atoms with Gasteiger partial charge in [0.2, 0.25) is 10.0 Å². The second-order valence-corrected chi connectivity index (χ2v) is 4.20. The van der Waals surface area contributed by atoms with E-state index in [1.54, 1.807) is 0 Å². The Morgan fingerprint density at radius 2 is 2.45 bits per heavy atom. The van der Waals surface area contributed by atoms with Gasteiger partial charge in [0.1, 0.15) is 11.9 Å². The van der Waals surface area contributed by atoms with Gasteiger partial charge in [0.05, 0.1) is 5.71 Å². The monoisotopic (exact) mass is 178 g/mol. The molecule has 0 saturated heterocycles. The summed E-state index contributed by atoms with van der Waals surface area (Å²) in [6, 6.07) is 0. The summed E-state index contributed by atoms with van der Waals surface area (Å²) in [5.74, 6) is -0.197. The predicted octanol–water partition coefficient (Wildman–Crippen LogP) is -0.560. The minimum Gasteiger partial charge on any atom is -0.392 e. The van der Waals surface area contributed by atoms with E-state index >= 15 is 0 Å². The summed E-state index contributed by atoms with van der Waals surface area (Å²) < 4.78 is 21.1. The molecule has 0 aromatic rings. The van der Waals surface area contributed by atoms with Crippen molar-refractivity contribution in [1.82, 2.24) is 0 Å². The molecule has 6 heteroatoms. The van der Waals surface area contributed by atoms with E-state index in [1.165, 1.54) is 0 Å². The van der Waals surface area contributed by atoms with Crippen molar-refractivity contribution in [1.29, 1.82) is 0 Å². The van der Waals surface area contributed by atoms with E-state index in [2.05, 4.69) is 5.16 Å². The van der Waals surface area contributed by atoms with Gasteiger partial charge >= 0.3 is 0 Å². The Kier molecular flexibility index (Phi) is 2.15. The normalized spacial score (nSPS) is 24.5. The van der Waals surface area contributed by atoms with Crippen molar-refractivity contribution in [2.24, 2.45) is 10.3 Å². The lowest BCUT2D eigenvalue weighted by molar-refractivity contribution is 0.0995. The maximum absolute atomic E-state index is 10.5. The van der Waals surface area contributed by atoms with Crippen LogP contribution in [0.4, 0.5) is 0 Å². The largest absolute Gasteiger partial charge is 0.392 e. The molecule has 1 unspecified atom stereocenters. The van der Waals surface area contributed by atoms with Crippen LogP contribution in [0.1, 0.15) is 13.3 Å². The third kappa shape index (κ3) is 2.85. The van der Waals surface area contributed by atoms with E-state index in [-0.39, 0.29) is 11.9 Å². The lowest BCUT2D eigenvalue weighted by Crippen LogP contribution is -2.22. The molecular weight excluding hydrogens is 168 g/mol. The van der Waals surface area contributed by atoms with Crippen molar-refractivity contribution < 1.29 is 13.3 Å². The first-order chi connectivity index (χ1) is 4.97. The maximum Gasteiger partial charge on any atom is 0.214 e. The molecule has 0 saturated carbocycles. The highest BCUT2D eigenvalue weighted by Crippen LogP contribution is 2.09. The lowest BCUT2D eigenvalue weighted by atomic mass is 10.2. The SMILES string of the molecule is CC1CC(CS(N)(=O)=O)=NO1. The van der Waals surface area contributed by atoms with Crippen molar-refractivity contribution >= 4 is 15.7 Å². The molecule has 0 fully saturated rings. The molecule has 11 heavy (non-hydrogen) atoms. The maximum atomic E-state index is 10.5. The van der Waals surface area contributed by atoms with Gasteiger partial charge in [-0.3, -0.25) is 0 Å². The van der Waals surface area contributed by atoms with Crippen LogP contribution in [0.25, 0.3) is 0 Å². The topological polar surface area (TPSA) is 81.8 Å². The Hall–Kier alpha value is -0.620. The highest BCUT2D eigenvalue weighted by molar-refractivity contribution is 7.89. The molecule has 1 aliphatic heterocycles. The van der Waals surface area contributed by atoms with Gasteiger partial charge in [-0.2, -0.15) is 0 Å². The minimum atomic E-state index is -3.44. The molecule has 0 amide bonds. The fraction of sp³-hybridized carbons (Fsp3) is 0.800. The number of primary sulfonamides is 1. The van der Waals surface area contributed by atoms with Crippen LogP contribution in [-0.4, -0.2) is 26.0 Å². The molecule has 5 nitrogen and oxygen atoms in total. The lowest BCUT2D eigenvalue weighted by Gasteiger charge is -1.96. The number of oxime groups is 1. The fourth-order valence-corrected chi connectivity index (χ4v) is 1.52. The van der Waals surface area contributed by atoms with Crippen molar-refractivity contribution in [2.75, 3.05) is 5.75 Å². The molecule has 64 valence electrons. The van der Waals surface area contributed by atoms with E-state index in [4.69, 9.17) is 9.98 Å². The zero-order chi connectivity index (χ0) is 8.48. The molecule has 0 aromatic heterocycles. The molecule has 0 spiro atoms. The van der Waals surface area contributed by atoms with Gasteiger partial charge in [-0.05, 0) is 6.92 Å². The second kappa shape index (κ2) is 2.78. The molecule has 1 rings (SSSR count). The van der Waals surface area contributed by atoms with Gasteiger partial charge in [-0.1, -0.05) is 5.16 Å². The van der Waals surface area contributed by atoms with Crippen LogP contribution in [0.2, 0.25) is 0 Å². The molecule has 0 aliphatic carbocycles. The third-order valence-electron chi connectivity index (χ3n) is 1.25. The average Bonchev–Trinajstić information content (AvgIpc) is 2.10. The summed E-state index contributed by atoms with van der Waals surface area (Å²) in [5, 5.41) is 8.36. The Morgan fingerprint density at radius 3 is 2.82 bits per heavy atom. The van der Waals surface area contributed by atoms with Gasteiger partial charge in [0.25, 0.3) is 0 Å². The second-order valence-electron chi connectivity index (χ2n) is 2.58. The number of nitrogens with two attached hydrogens (primary N) is 1. The van der Waals surface area contributed by atoms with Gasteiger partial charge < -0.3 is 4.84 Å². The van der Waals surface area contributed by atoms with Gasteiger partial charge in [0.15, 0.2) is 0 Å². The van der Waals surface area contributed by atoms with E-state index in [0.717, 1.165) is 0 Å². The van der Waals surface area contributed by atoms with Gasteiger partial charge in [-0.15, -0.1) is 0 Å². The zero-order valence-electron chi connectivity index (χ0n) is 6.15. The van der Waals surface area contributed by atoms with Gasteiger partial charge in [0, 0.05) is 6.42 Å². The molecule has 0 aromatic carbocycles. The van der Waals surface area contributed by atoms with Crippen LogP contribution < -0.4 is 5.14 Å². The fourth-order valence-electron chi connectivity index (χ4n) is 0.888. The first-order valence-electron chi connectivity index (χ1n) is 3.19. The van der Waals surface area contributed by atoms with E-state index in [0.29, 0.717) is 12.1 Å². The highest BCUT2D eigenvalue weighted by Gasteiger charge is 2.19. The van der Waals surface area contributed by atoms with Gasteiger partial charge in [-0.25, -0.2) is 13.6 Å². The quantitative estimate of drug-likeness (QED) is 0.615. The van der Waals surface area contributed by atoms with Crippen molar-refractivity contribution in [3.8, 4) is 0 Å². The highest BCUT2D eigenvalue weighted by atomic mass is 32.2. The molecule has 0 bridgehead atoms. The molecule has 1 heterocycles. The van der Waals surface area contributed by atoms with Crippen LogP contribution in [-0.2, 0) is 14.9 Å². The van der Waals surface area contributed by atoms with Crippen LogP contribution in [0.3, 0.4) is 0 Å². The summed E-state index contributed by atoms with van der Waals surface area (Å²) in [5.41, 5.74) is 0.500. The minimum absolute atomic E-state index is 0.0215. The Balaban J connectivity index is 2.53. The Bertz CT molecular complexity index is 269. The number of hydrogen-bond acceptors (Lipinski definition) is 4. The Morgan fingerprint density at radius 1 is 1.82 bits per heavy atom. The zero-order valence-corrected chi connectivity index (χ0v) is 6.97. The number of hydrogen-bond donors (Lipinski definition) is 1. The van der Waals surface area contributed by atoms with Crippen molar-refractivity contribution in [3.05, 3.63) is 0 Å².